The molecule has 138 valence electrons. The summed E-state index contributed by atoms with van der Waals surface area (Å²) < 4.78 is 0. The molecule has 1 atom stereocenters. The number of carbonyl (C=O) groups is 5. The molecule has 7 N–H and O–H groups in total. The van der Waals surface area contributed by atoms with Crippen molar-refractivity contribution in [2.45, 2.75) is 31.8 Å². The van der Waals surface area contributed by atoms with E-state index in [9.17, 15) is 39.3 Å². The Morgan fingerprint density at radius 3 is 2.12 bits per heavy atom. The van der Waals surface area contributed by atoms with E-state index in [4.69, 9.17) is 5.73 Å². The number of aliphatic hydroxyl groups excluding tert-OH is 1. The Balaban J connectivity index is 3.26. The molecule has 1 aliphatic heterocycles. The van der Waals surface area contributed by atoms with Crippen LogP contribution in [0.25, 0.3) is 0 Å². The normalized spacial score (nSPS) is 17.4. The molecule has 11 heteroatoms. The quantitative estimate of drug-likeness (QED) is 0.208. The van der Waals surface area contributed by atoms with Crippen LogP contribution in [-0.2, 0) is 24.0 Å². The van der Waals surface area contributed by atoms with Crippen molar-refractivity contribution < 1.29 is 39.3 Å². The summed E-state index contributed by atoms with van der Waals surface area (Å²) >= 11 is 0. The summed E-state index contributed by atoms with van der Waals surface area (Å²) in [5.41, 5.74) is 1.55. The van der Waals surface area contributed by atoms with Gasteiger partial charge >= 0.3 is 11.9 Å². The second-order valence-electron chi connectivity index (χ2n) is 5.78. The van der Waals surface area contributed by atoms with Crippen molar-refractivity contribution in [3.05, 3.63) is 11.3 Å². The molecule has 25 heavy (non-hydrogen) atoms. The largest absolute Gasteiger partial charge is 0.509 e. The summed E-state index contributed by atoms with van der Waals surface area (Å²) in [7, 11) is 0. The fraction of sp³-hybridized carbons (Fsp3) is 0.500. The summed E-state index contributed by atoms with van der Waals surface area (Å²) in [5.74, 6) is -8.59. The molecule has 11 nitrogen and oxygen atoms in total. The van der Waals surface area contributed by atoms with Gasteiger partial charge < -0.3 is 31.7 Å². The van der Waals surface area contributed by atoms with Crippen LogP contribution >= 0.6 is 0 Å². The zero-order valence-electron chi connectivity index (χ0n) is 13.5. The van der Waals surface area contributed by atoms with Crippen LogP contribution in [0, 0.1) is 5.92 Å². The SMILES string of the molecule is CC(C)C(=O)NC(CC(=O)C1=C(O)[C@H](CN)NC1=O)(C(=O)O)C(=O)O. The van der Waals surface area contributed by atoms with Crippen LogP contribution in [0.4, 0.5) is 0 Å². The number of hydrogen-bond acceptors (Lipinski definition) is 7. The van der Waals surface area contributed by atoms with Gasteiger partial charge in [-0.2, -0.15) is 0 Å². The van der Waals surface area contributed by atoms with E-state index in [1.165, 1.54) is 13.8 Å². The van der Waals surface area contributed by atoms with Crippen molar-refractivity contribution >= 4 is 29.5 Å². The van der Waals surface area contributed by atoms with E-state index in [1.54, 1.807) is 0 Å². The monoisotopic (exact) mass is 357 g/mol. The predicted molar refractivity (Wildman–Crippen MR) is 81.2 cm³/mol. The highest BCUT2D eigenvalue weighted by Crippen LogP contribution is 2.22. The fourth-order valence-electron chi connectivity index (χ4n) is 2.11. The van der Waals surface area contributed by atoms with Gasteiger partial charge in [0, 0.05) is 12.5 Å². The van der Waals surface area contributed by atoms with E-state index in [-0.39, 0.29) is 6.54 Å². The number of carboxylic acid groups (broad SMARTS) is 2. The Bertz CT molecular complexity index is 653. The van der Waals surface area contributed by atoms with Crippen molar-refractivity contribution in [3.8, 4) is 0 Å². The first-order valence-corrected chi connectivity index (χ1v) is 7.24. The van der Waals surface area contributed by atoms with Gasteiger partial charge in [-0.25, -0.2) is 9.59 Å². The molecule has 1 aliphatic rings. The zero-order chi connectivity index (χ0) is 19.5. The third-order valence-electron chi connectivity index (χ3n) is 3.65. The van der Waals surface area contributed by atoms with Gasteiger partial charge in [0.1, 0.15) is 11.3 Å². The smallest absolute Gasteiger partial charge is 0.341 e. The summed E-state index contributed by atoms with van der Waals surface area (Å²) in [6.45, 7) is 2.58. The van der Waals surface area contributed by atoms with Crippen LogP contribution in [0.15, 0.2) is 11.3 Å². The number of aliphatic carboxylic acids is 2. The highest BCUT2D eigenvalue weighted by atomic mass is 16.4. The molecule has 0 unspecified atom stereocenters. The van der Waals surface area contributed by atoms with Crippen molar-refractivity contribution in [1.82, 2.24) is 10.6 Å². The number of rotatable bonds is 8. The minimum absolute atomic E-state index is 0.221. The lowest BCUT2D eigenvalue weighted by Gasteiger charge is -2.26. The Labute approximate surface area is 141 Å². The maximum absolute atomic E-state index is 12.3. The number of carbonyl (C=O) groups excluding carboxylic acids is 3. The number of nitrogens with one attached hydrogen (secondary N) is 2. The molecule has 0 saturated heterocycles. The lowest BCUT2D eigenvalue weighted by atomic mass is 9.89. The van der Waals surface area contributed by atoms with E-state index >= 15 is 0 Å². The summed E-state index contributed by atoms with van der Waals surface area (Å²) in [6.07, 6.45) is -1.26. The van der Waals surface area contributed by atoms with Gasteiger partial charge in [0.05, 0.1) is 12.5 Å². The van der Waals surface area contributed by atoms with Gasteiger partial charge in [-0.1, -0.05) is 13.8 Å². The molecule has 1 rings (SSSR count). The predicted octanol–water partition coefficient (Wildman–Crippen LogP) is -2.10. The first kappa shape index (κ1) is 20.1. The highest BCUT2D eigenvalue weighted by molar-refractivity contribution is 6.24. The molecular formula is C14H19N3O8. The number of hydrogen-bond donors (Lipinski definition) is 6. The molecule has 0 bridgehead atoms. The molecule has 0 aromatic rings. The average Bonchev–Trinajstić information content (AvgIpc) is 2.79. The minimum Gasteiger partial charge on any atom is -0.509 e. The van der Waals surface area contributed by atoms with Gasteiger partial charge in [0.2, 0.25) is 11.4 Å². The Morgan fingerprint density at radius 1 is 1.24 bits per heavy atom. The van der Waals surface area contributed by atoms with Gasteiger partial charge in [0.25, 0.3) is 5.91 Å². The molecule has 0 aliphatic carbocycles. The van der Waals surface area contributed by atoms with Crippen LogP contribution < -0.4 is 16.4 Å². The molecule has 0 radical (unpaired) electrons. The molecule has 2 amide bonds. The average molecular weight is 357 g/mol. The summed E-state index contributed by atoms with van der Waals surface area (Å²) in [5, 5.41) is 32.5. The van der Waals surface area contributed by atoms with Gasteiger partial charge in [-0.15, -0.1) is 0 Å². The van der Waals surface area contributed by atoms with Crippen LogP contribution in [0.1, 0.15) is 20.3 Å². The second-order valence-corrected chi connectivity index (χ2v) is 5.78. The number of carboxylic acids is 2. The molecule has 0 fully saturated rings. The molecule has 0 spiro atoms. The number of ketones is 1. The number of Topliss-reactive ketones (excluding diaryl/α,β-unsaturated/α-hetero) is 1. The Hall–Kier alpha value is -2.95. The fourth-order valence-corrected chi connectivity index (χ4v) is 2.11. The lowest BCUT2D eigenvalue weighted by molar-refractivity contribution is -0.163. The third-order valence-corrected chi connectivity index (χ3v) is 3.65. The van der Waals surface area contributed by atoms with E-state index in [0.29, 0.717) is 0 Å². The van der Waals surface area contributed by atoms with E-state index < -0.39 is 64.8 Å². The van der Waals surface area contributed by atoms with Crippen LogP contribution in [-0.4, -0.2) is 63.0 Å². The topological polar surface area (TPSA) is 196 Å². The van der Waals surface area contributed by atoms with E-state index in [0.717, 1.165) is 0 Å². The van der Waals surface area contributed by atoms with Crippen LogP contribution in [0.2, 0.25) is 0 Å². The molecule has 0 aromatic heterocycles. The van der Waals surface area contributed by atoms with Gasteiger partial charge in [-0.05, 0) is 0 Å². The standard InChI is InChI=1S/C14H19N3O8/c1-5(2)10(20)17-14(12(22)23,13(24)25)3-7(18)8-9(19)6(4-15)16-11(8)21/h5-6,19H,3-4,15H2,1-2H3,(H,16,21)(H,17,20)(H,22,23)(H,24,25)/t6-/m0/s1. The summed E-state index contributed by atoms with van der Waals surface area (Å²) in [4.78, 5) is 58.9. The molecule has 1 heterocycles. The van der Waals surface area contributed by atoms with Crippen LogP contribution in [0.5, 0.6) is 0 Å². The minimum atomic E-state index is -2.98. The highest BCUT2D eigenvalue weighted by Gasteiger charge is 2.51. The zero-order valence-corrected chi connectivity index (χ0v) is 13.5. The lowest BCUT2D eigenvalue weighted by Crippen LogP contribution is -2.62. The second kappa shape index (κ2) is 7.30. The summed E-state index contributed by atoms with van der Waals surface area (Å²) in [6, 6.07) is -1.03. The van der Waals surface area contributed by atoms with Gasteiger partial charge in [-0.3, -0.25) is 14.4 Å². The number of aliphatic hydroxyl groups is 1. The van der Waals surface area contributed by atoms with E-state index in [2.05, 4.69) is 5.32 Å². The Morgan fingerprint density at radius 2 is 1.76 bits per heavy atom. The van der Waals surface area contributed by atoms with Crippen molar-refractivity contribution in [2.24, 2.45) is 11.7 Å². The maximum Gasteiger partial charge on any atom is 0.341 e. The van der Waals surface area contributed by atoms with E-state index in [1.807, 2.05) is 5.32 Å². The van der Waals surface area contributed by atoms with Gasteiger partial charge in [0.15, 0.2) is 5.78 Å². The Kier molecular flexibility index (Phi) is 5.87. The van der Waals surface area contributed by atoms with Crippen molar-refractivity contribution in [2.75, 3.05) is 6.54 Å². The van der Waals surface area contributed by atoms with Crippen molar-refractivity contribution in [3.63, 3.8) is 0 Å². The number of amides is 2. The molecule has 0 aromatic carbocycles. The maximum atomic E-state index is 12.3. The van der Waals surface area contributed by atoms with Crippen LogP contribution in [0.3, 0.4) is 0 Å². The molecular weight excluding hydrogens is 338 g/mol. The first-order valence-electron chi connectivity index (χ1n) is 7.24. The third kappa shape index (κ3) is 3.76. The number of nitrogens with two attached hydrogens (primary N) is 1. The molecule has 0 saturated carbocycles. The van der Waals surface area contributed by atoms with Crippen molar-refractivity contribution in [1.29, 1.82) is 0 Å². The first-order chi connectivity index (χ1) is 11.5.